The Labute approximate surface area is 150 Å². The van der Waals surface area contributed by atoms with Crippen LogP contribution < -0.4 is 5.32 Å². The number of hydrogen-bond donors (Lipinski definition) is 1. The quantitative estimate of drug-likeness (QED) is 0.520. The minimum absolute atomic E-state index is 0.821. The van der Waals surface area contributed by atoms with Gasteiger partial charge < -0.3 is 5.32 Å². The lowest BCUT2D eigenvalue weighted by molar-refractivity contribution is 0.770. The Morgan fingerprint density at radius 1 is 1.33 bits per heavy atom. The Hall–Kier alpha value is -1.71. The van der Waals surface area contributed by atoms with Gasteiger partial charge in [0.15, 0.2) is 0 Å². The number of hydrogen-bond acceptors (Lipinski definition) is 3. The molecule has 0 unspecified atom stereocenters. The van der Waals surface area contributed by atoms with Crippen LogP contribution in [0.1, 0.15) is 43.4 Å². The zero-order valence-electron chi connectivity index (χ0n) is 14.8. The zero-order chi connectivity index (χ0) is 17.5. The molecule has 2 rings (SSSR count). The number of rotatable bonds is 9. The number of halogens is 1. The third-order valence-corrected chi connectivity index (χ3v) is 4.64. The molecule has 0 spiro atoms. The average molecular weight is 344 g/mol. The molecule has 0 atom stereocenters. The maximum Gasteiger partial charge on any atom is 0.0444 e. The maximum atomic E-state index is 6.19. The third kappa shape index (κ3) is 4.89. The van der Waals surface area contributed by atoms with Crippen LogP contribution >= 0.6 is 11.6 Å². The van der Waals surface area contributed by atoms with Crippen molar-refractivity contribution in [3.8, 4) is 0 Å². The SMILES string of the molecule is C=N/C=C(C)\C=N/CCC/C(CNC)=C(\C)c1ccc(Cl)c2c1C2. The van der Waals surface area contributed by atoms with Crippen LogP contribution in [0.25, 0.3) is 5.57 Å². The predicted octanol–water partition coefficient (Wildman–Crippen LogP) is 4.69. The second-order valence-corrected chi connectivity index (χ2v) is 6.59. The average Bonchev–Trinajstić information content (AvgIpc) is 3.35. The van der Waals surface area contributed by atoms with Gasteiger partial charge in [0.2, 0.25) is 0 Å². The highest BCUT2D eigenvalue weighted by Gasteiger charge is 2.25. The first kappa shape index (κ1) is 18.6. The molecule has 1 N–H and O–H groups in total. The number of likely N-dealkylation sites (N-methyl/N-ethyl adjacent to an activating group) is 1. The van der Waals surface area contributed by atoms with E-state index in [2.05, 4.69) is 35.0 Å². The molecule has 0 fully saturated rings. The molecule has 0 saturated heterocycles. The van der Waals surface area contributed by atoms with Gasteiger partial charge in [-0.1, -0.05) is 23.2 Å². The molecule has 1 aliphatic rings. The molecule has 1 aliphatic carbocycles. The Morgan fingerprint density at radius 3 is 2.83 bits per heavy atom. The number of aliphatic imine (C=N–C) groups is 2. The normalized spacial score (nSPS) is 14.6. The summed E-state index contributed by atoms with van der Waals surface area (Å²) in [5.74, 6) is 0. The van der Waals surface area contributed by atoms with Gasteiger partial charge in [-0.25, -0.2) is 0 Å². The van der Waals surface area contributed by atoms with E-state index in [-0.39, 0.29) is 0 Å². The molecule has 24 heavy (non-hydrogen) atoms. The van der Waals surface area contributed by atoms with Crippen LogP contribution in [0.5, 0.6) is 0 Å². The highest BCUT2D eigenvalue weighted by atomic mass is 35.5. The summed E-state index contributed by atoms with van der Waals surface area (Å²) in [4.78, 5) is 8.19. The lowest BCUT2D eigenvalue weighted by Gasteiger charge is -2.12. The summed E-state index contributed by atoms with van der Waals surface area (Å²) in [6, 6.07) is 4.18. The molecule has 3 nitrogen and oxygen atoms in total. The molecule has 0 heterocycles. The molecular formula is C20H26ClN3. The summed E-state index contributed by atoms with van der Waals surface area (Å²) >= 11 is 6.19. The van der Waals surface area contributed by atoms with Crippen LogP contribution in [-0.2, 0) is 6.42 Å². The second-order valence-electron chi connectivity index (χ2n) is 6.18. The van der Waals surface area contributed by atoms with Gasteiger partial charge in [-0.3, -0.25) is 9.98 Å². The summed E-state index contributed by atoms with van der Waals surface area (Å²) in [5.41, 5.74) is 7.95. The van der Waals surface area contributed by atoms with Crippen molar-refractivity contribution < 1.29 is 0 Å². The number of benzene rings is 1. The molecule has 128 valence electrons. The van der Waals surface area contributed by atoms with E-state index in [0.29, 0.717) is 0 Å². The van der Waals surface area contributed by atoms with E-state index in [1.165, 1.54) is 27.8 Å². The van der Waals surface area contributed by atoms with Crippen LogP contribution in [-0.4, -0.2) is 33.1 Å². The fraction of sp³-hybridized carbons (Fsp3) is 0.400. The highest BCUT2D eigenvalue weighted by molar-refractivity contribution is 6.32. The van der Waals surface area contributed by atoms with E-state index in [9.17, 15) is 0 Å². The van der Waals surface area contributed by atoms with E-state index in [1.807, 2.05) is 26.3 Å². The van der Waals surface area contributed by atoms with E-state index in [4.69, 9.17) is 11.6 Å². The summed E-state index contributed by atoms with van der Waals surface area (Å²) < 4.78 is 0. The van der Waals surface area contributed by atoms with Crippen molar-refractivity contribution >= 4 is 30.1 Å². The minimum atomic E-state index is 0.821. The van der Waals surface area contributed by atoms with Gasteiger partial charge in [0.25, 0.3) is 0 Å². The molecule has 0 radical (unpaired) electrons. The fourth-order valence-corrected chi connectivity index (χ4v) is 3.15. The van der Waals surface area contributed by atoms with Gasteiger partial charge in [0, 0.05) is 36.9 Å². The Balaban J connectivity index is 2.01. The third-order valence-electron chi connectivity index (χ3n) is 4.28. The number of nitrogens with one attached hydrogen (secondary N) is 1. The lowest BCUT2D eigenvalue weighted by atomic mass is 9.97. The monoisotopic (exact) mass is 343 g/mol. The van der Waals surface area contributed by atoms with Crippen molar-refractivity contribution in [1.82, 2.24) is 5.32 Å². The number of fused-ring (bicyclic) bond motifs is 1. The molecule has 0 amide bonds. The first-order valence-corrected chi connectivity index (χ1v) is 8.72. The lowest BCUT2D eigenvalue weighted by Crippen LogP contribution is -2.12. The van der Waals surface area contributed by atoms with Gasteiger partial charge in [-0.15, -0.1) is 0 Å². The van der Waals surface area contributed by atoms with E-state index >= 15 is 0 Å². The largest absolute Gasteiger partial charge is 0.316 e. The van der Waals surface area contributed by atoms with Crippen molar-refractivity contribution in [2.24, 2.45) is 9.98 Å². The first-order chi connectivity index (χ1) is 11.6. The van der Waals surface area contributed by atoms with E-state index in [0.717, 1.165) is 42.9 Å². The van der Waals surface area contributed by atoms with Gasteiger partial charge >= 0.3 is 0 Å². The van der Waals surface area contributed by atoms with Crippen LogP contribution in [0.15, 0.2) is 39.5 Å². The molecule has 0 bridgehead atoms. The van der Waals surface area contributed by atoms with E-state index < -0.39 is 0 Å². The summed E-state index contributed by atoms with van der Waals surface area (Å²) in [5, 5.41) is 4.20. The molecule has 0 aromatic heterocycles. The number of nitrogens with zero attached hydrogens (tertiary/aromatic N) is 2. The predicted molar refractivity (Wildman–Crippen MR) is 107 cm³/mol. The Morgan fingerprint density at radius 2 is 2.12 bits per heavy atom. The first-order valence-electron chi connectivity index (χ1n) is 8.34. The van der Waals surface area contributed by atoms with Crippen molar-refractivity contribution in [2.45, 2.75) is 33.1 Å². The van der Waals surface area contributed by atoms with Gasteiger partial charge in [-0.05, 0) is 74.4 Å². The van der Waals surface area contributed by atoms with Crippen molar-refractivity contribution in [3.63, 3.8) is 0 Å². The zero-order valence-corrected chi connectivity index (χ0v) is 15.6. The smallest absolute Gasteiger partial charge is 0.0444 e. The van der Waals surface area contributed by atoms with Crippen molar-refractivity contribution in [2.75, 3.05) is 20.1 Å². The van der Waals surface area contributed by atoms with Crippen LogP contribution in [0, 0.1) is 0 Å². The topological polar surface area (TPSA) is 36.8 Å². The molecular weight excluding hydrogens is 318 g/mol. The van der Waals surface area contributed by atoms with E-state index in [1.54, 1.807) is 6.20 Å². The minimum Gasteiger partial charge on any atom is -0.316 e. The maximum absolute atomic E-state index is 6.19. The molecule has 4 heteroatoms. The Bertz CT molecular complexity index is 699. The van der Waals surface area contributed by atoms with Gasteiger partial charge in [0.1, 0.15) is 0 Å². The molecule has 1 aromatic carbocycles. The summed E-state index contributed by atoms with van der Waals surface area (Å²) in [6.45, 7) is 9.37. The second kappa shape index (κ2) is 8.95. The van der Waals surface area contributed by atoms with Crippen LogP contribution in [0.4, 0.5) is 0 Å². The standard InChI is InChI=1S/C20H26ClN3/c1-14(11-22-3)12-24-9-5-6-16(13-23-4)15(2)17-7-8-20(21)19-10-18(17)19/h7-8,11-12,23H,3,5-6,9-10,13H2,1-2,4H3/b14-11-,16-15-,24-12-. The molecule has 0 saturated carbocycles. The fourth-order valence-electron chi connectivity index (χ4n) is 2.91. The van der Waals surface area contributed by atoms with Gasteiger partial charge in [0.05, 0.1) is 0 Å². The summed E-state index contributed by atoms with van der Waals surface area (Å²) in [7, 11) is 2.00. The highest BCUT2D eigenvalue weighted by Crippen LogP contribution is 2.41. The van der Waals surface area contributed by atoms with Crippen molar-refractivity contribution in [1.29, 1.82) is 0 Å². The number of allylic oxidation sites excluding steroid dienone is 2. The van der Waals surface area contributed by atoms with Crippen LogP contribution in [0.3, 0.4) is 0 Å². The van der Waals surface area contributed by atoms with Crippen molar-refractivity contribution in [3.05, 3.63) is 51.2 Å². The molecule has 0 aliphatic heterocycles. The van der Waals surface area contributed by atoms with Gasteiger partial charge in [-0.2, -0.15) is 0 Å². The van der Waals surface area contributed by atoms with Crippen LogP contribution in [0.2, 0.25) is 5.02 Å². The summed E-state index contributed by atoms with van der Waals surface area (Å²) in [6.07, 6.45) is 6.70. The Kier molecular flexibility index (Phi) is 6.95. The molecule has 1 aromatic rings.